The number of carbonyl (C=O) groups excluding carboxylic acids is 2. The topological polar surface area (TPSA) is 223 Å². The average Bonchev–Trinajstić information content (AvgIpc) is 3.33. The highest BCUT2D eigenvalue weighted by atomic mass is 16.8. The number of benzene rings is 2. The molecule has 5 N–H and O–H groups in total. The molecule has 2 heterocycles. The first kappa shape index (κ1) is 42.1. The van der Waals surface area contributed by atoms with Crippen molar-refractivity contribution in [2.24, 2.45) is 11.8 Å². The molecule has 2 aromatic carbocycles. The second-order valence-corrected chi connectivity index (χ2v) is 14.2. The van der Waals surface area contributed by atoms with Gasteiger partial charge in [-0.1, -0.05) is 86.7 Å². The number of aliphatic hydroxyl groups excluding tert-OH is 1. The molecule has 2 aliphatic rings. The van der Waals surface area contributed by atoms with E-state index < -0.39 is 77.7 Å². The van der Waals surface area contributed by atoms with Crippen molar-refractivity contribution in [3.05, 3.63) is 83.9 Å². The van der Waals surface area contributed by atoms with Crippen molar-refractivity contribution in [3.8, 4) is 0 Å². The van der Waals surface area contributed by atoms with Crippen molar-refractivity contribution in [2.45, 2.75) is 120 Å². The number of hydrogen-bond donors (Lipinski definition) is 5. The van der Waals surface area contributed by atoms with Gasteiger partial charge in [-0.05, 0) is 67.9 Å². The Morgan fingerprint density at radius 2 is 1.52 bits per heavy atom. The van der Waals surface area contributed by atoms with Gasteiger partial charge >= 0.3 is 29.8 Å². The SMILES string of the molecule is CC(=O)OC(CCC[C@]12O[C@H](C(=O)O)[C@@](O)(C(=O)O)[C@](C(=O)O)(O1)[C@H](OC(=O)CC/C=C/[C@H](C)CCCc1ccccc1)[C@H]2O)C(C)Cc1ccccc1. The predicted molar refractivity (Wildman–Crippen MR) is 191 cm³/mol. The Morgan fingerprint density at radius 3 is 2.09 bits per heavy atom. The lowest BCUT2D eigenvalue weighted by Crippen LogP contribution is -2.78. The largest absolute Gasteiger partial charge is 0.479 e. The predicted octanol–water partition coefficient (Wildman–Crippen LogP) is 4.08. The molecular weight excluding hydrogens is 704 g/mol. The van der Waals surface area contributed by atoms with Gasteiger partial charge in [0.25, 0.3) is 0 Å². The molecule has 2 fully saturated rings. The summed E-state index contributed by atoms with van der Waals surface area (Å²) in [7, 11) is 0. The quantitative estimate of drug-likeness (QED) is 0.0950. The highest BCUT2D eigenvalue weighted by Gasteiger charge is 2.85. The highest BCUT2D eigenvalue weighted by Crippen LogP contribution is 2.55. The maximum Gasteiger partial charge on any atom is 0.344 e. The first-order valence-corrected chi connectivity index (χ1v) is 18.2. The standard InChI is InChI=1S/C40H50O14/c1-25(15-12-20-28-16-6-4-7-17-28)14-10-11-22-31(42)52-33-32(43)38(53-34(35(44)45)39(50,36(46)47)40(33,54-38)37(48)49)23-13-21-30(51-27(3)41)26(2)24-29-18-8-5-9-19-29/h4-10,14,16-19,25-26,30,32-34,43,50H,11-13,15,20-24H2,1-3H3,(H,44,45)(H,46,47)(H,48,49)/b14-10+/t25-,26?,30?,32+,33+,34+,38-,39+,40-/m0/s1. The molecular formula is C40H50O14. The van der Waals surface area contributed by atoms with E-state index in [2.05, 4.69) is 12.1 Å². The summed E-state index contributed by atoms with van der Waals surface area (Å²) in [5, 5.41) is 53.7. The van der Waals surface area contributed by atoms with E-state index in [1.807, 2.05) is 68.5 Å². The molecule has 0 saturated carbocycles. The van der Waals surface area contributed by atoms with Crippen molar-refractivity contribution in [3.63, 3.8) is 0 Å². The lowest BCUT2D eigenvalue weighted by Gasteiger charge is -2.48. The number of aliphatic carboxylic acids is 3. The molecule has 9 atom stereocenters. The van der Waals surface area contributed by atoms with Crippen LogP contribution in [0.5, 0.6) is 0 Å². The summed E-state index contributed by atoms with van der Waals surface area (Å²) in [5.74, 6) is -10.8. The van der Waals surface area contributed by atoms with Crippen LogP contribution in [0.2, 0.25) is 0 Å². The minimum absolute atomic E-state index is 0.0311. The monoisotopic (exact) mass is 754 g/mol. The Balaban J connectivity index is 1.51. The van der Waals surface area contributed by atoms with Crippen LogP contribution in [-0.4, -0.2) is 96.8 Å². The number of fused-ring (bicyclic) bond motifs is 2. The first-order chi connectivity index (χ1) is 25.6. The maximum atomic E-state index is 13.2. The molecule has 0 radical (unpaired) electrons. The zero-order chi connectivity index (χ0) is 39.7. The van der Waals surface area contributed by atoms with Gasteiger partial charge in [0.1, 0.15) is 12.2 Å². The highest BCUT2D eigenvalue weighted by molar-refractivity contribution is 5.98. The molecule has 0 aliphatic carbocycles. The molecule has 2 aliphatic heterocycles. The molecule has 4 rings (SSSR count). The van der Waals surface area contributed by atoms with Crippen LogP contribution in [-0.2, 0) is 55.8 Å². The molecule has 2 aromatic rings. The fourth-order valence-corrected chi connectivity index (χ4v) is 7.38. The van der Waals surface area contributed by atoms with Gasteiger partial charge in [-0.3, -0.25) is 9.59 Å². The number of carboxylic acids is 3. The van der Waals surface area contributed by atoms with Gasteiger partial charge in [0.2, 0.25) is 23.1 Å². The van der Waals surface area contributed by atoms with Crippen LogP contribution in [0.1, 0.15) is 76.8 Å². The van der Waals surface area contributed by atoms with Gasteiger partial charge in [-0.15, -0.1) is 0 Å². The number of esters is 2. The first-order valence-electron chi connectivity index (χ1n) is 18.2. The van der Waals surface area contributed by atoms with E-state index in [0.717, 1.165) is 24.8 Å². The van der Waals surface area contributed by atoms with Crippen molar-refractivity contribution in [1.82, 2.24) is 0 Å². The molecule has 54 heavy (non-hydrogen) atoms. The van der Waals surface area contributed by atoms with E-state index in [4.69, 9.17) is 18.9 Å². The van der Waals surface area contributed by atoms with Gasteiger partial charge in [-0.25, -0.2) is 14.4 Å². The Bertz CT molecular complexity index is 1650. The van der Waals surface area contributed by atoms with Gasteiger partial charge in [0, 0.05) is 19.8 Å². The number of ether oxygens (including phenoxy) is 4. The van der Waals surface area contributed by atoms with Crippen LogP contribution in [0.3, 0.4) is 0 Å². The molecule has 0 aromatic heterocycles. The van der Waals surface area contributed by atoms with Crippen LogP contribution in [0.15, 0.2) is 72.8 Å². The zero-order valence-electron chi connectivity index (χ0n) is 30.7. The summed E-state index contributed by atoms with van der Waals surface area (Å²) in [6, 6.07) is 19.4. The second kappa shape index (κ2) is 18.1. The Morgan fingerprint density at radius 1 is 0.889 bits per heavy atom. The van der Waals surface area contributed by atoms with Crippen LogP contribution in [0.25, 0.3) is 0 Å². The second-order valence-electron chi connectivity index (χ2n) is 14.2. The summed E-state index contributed by atoms with van der Waals surface area (Å²) in [5.41, 5.74) is -5.16. The van der Waals surface area contributed by atoms with E-state index in [0.29, 0.717) is 6.42 Å². The number of rotatable bonds is 20. The molecule has 2 saturated heterocycles. The van der Waals surface area contributed by atoms with Crippen LogP contribution in [0, 0.1) is 11.8 Å². The minimum Gasteiger partial charge on any atom is -0.479 e. The van der Waals surface area contributed by atoms with E-state index in [1.165, 1.54) is 12.5 Å². The lowest BCUT2D eigenvalue weighted by atomic mass is 9.74. The van der Waals surface area contributed by atoms with Crippen molar-refractivity contribution >= 4 is 29.8 Å². The normalized spacial score (nSPS) is 27.8. The Labute approximate surface area is 313 Å². The molecule has 294 valence electrons. The molecule has 0 spiro atoms. The number of carbonyl (C=O) groups is 5. The van der Waals surface area contributed by atoms with E-state index in [9.17, 15) is 49.5 Å². The van der Waals surface area contributed by atoms with Gasteiger partial charge in [0.15, 0.2) is 6.10 Å². The maximum absolute atomic E-state index is 13.2. The zero-order valence-corrected chi connectivity index (χ0v) is 30.7. The third kappa shape index (κ3) is 9.17. The fraction of sp³-hybridized carbons (Fsp3) is 0.525. The minimum atomic E-state index is -3.86. The smallest absolute Gasteiger partial charge is 0.344 e. The number of aryl methyl sites for hydroxylation is 1. The average molecular weight is 755 g/mol. The fourth-order valence-electron chi connectivity index (χ4n) is 7.38. The molecule has 2 bridgehead atoms. The van der Waals surface area contributed by atoms with E-state index in [1.54, 1.807) is 6.08 Å². The van der Waals surface area contributed by atoms with Crippen LogP contribution < -0.4 is 0 Å². The Kier molecular flexibility index (Phi) is 14.1. The molecule has 2 unspecified atom stereocenters. The third-order valence-corrected chi connectivity index (χ3v) is 10.2. The van der Waals surface area contributed by atoms with Crippen molar-refractivity contribution in [1.29, 1.82) is 0 Å². The molecule has 14 nitrogen and oxygen atoms in total. The summed E-state index contributed by atoms with van der Waals surface area (Å²) >= 11 is 0. The lowest BCUT2D eigenvalue weighted by molar-refractivity contribution is -0.374. The summed E-state index contributed by atoms with van der Waals surface area (Å²) < 4.78 is 22.2. The van der Waals surface area contributed by atoms with E-state index >= 15 is 0 Å². The van der Waals surface area contributed by atoms with Gasteiger partial charge < -0.3 is 44.5 Å². The van der Waals surface area contributed by atoms with Gasteiger partial charge in [0.05, 0.1) is 0 Å². The third-order valence-electron chi connectivity index (χ3n) is 10.2. The van der Waals surface area contributed by atoms with Crippen LogP contribution in [0.4, 0.5) is 0 Å². The van der Waals surface area contributed by atoms with Crippen LogP contribution >= 0.6 is 0 Å². The number of allylic oxidation sites excluding steroid dienone is 2. The van der Waals surface area contributed by atoms with Crippen molar-refractivity contribution < 1.29 is 68.5 Å². The molecule has 0 amide bonds. The van der Waals surface area contributed by atoms with Gasteiger partial charge in [-0.2, -0.15) is 0 Å². The van der Waals surface area contributed by atoms with E-state index in [-0.39, 0.29) is 37.5 Å². The molecule has 14 heteroatoms. The van der Waals surface area contributed by atoms with Crippen molar-refractivity contribution in [2.75, 3.05) is 0 Å². The Hall–Kier alpha value is -4.63. The number of hydrogen-bond acceptors (Lipinski definition) is 11. The summed E-state index contributed by atoms with van der Waals surface area (Å²) in [4.78, 5) is 63.2. The summed E-state index contributed by atoms with van der Waals surface area (Å²) in [6.07, 6.45) is -1.75. The summed E-state index contributed by atoms with van der Waals surface area (Å²) in [6.45, 7) is 5.12. The number of aliphatic hydroxyl groups is 2. The number of carboxylic acid groups (broad SMARTS) is 3.